The number of nitro benzene ring substituents is 1. The number of hydrogen-bond donors (Lipinski definition) is 2. The van der Waals surface area contributed by atoms with Gasteiger partial charge in [0.1, 0.15) is 17.8 Å². The number of amides is 4. The van der Waals surface area contributed by atoms with Crippen molar-refractivity contribution < 1.29 is 24.0 Å². The van der Waals surface area contributed by atoms with Crippen LogP contribution in [0.15, 0.2) is 78.9 Å². The van der Waals surface area contributed by atoms with E-state index in [4.69, 9.17) is 4.74 Å². The van der Waals surface area contributed by atoms with E-state index in [1.165, 1.54) is 31.2 Å². The fourth-order valence-corrected chi connectivity index (χ4v) is 3.57. The maximum Gasteiger partial charge on any atom is 0.325 e. The second-order valence-corrected chi connectivity index (χ2v) is 7.71. The lowest BCUT2D eigenvalue weighted by Crippen LogP contribution is -2.42. The Labute approximate surface area is 194 Å². The highest BCUT2D eigenvalue weighted by Crippen LogP contribution is 2.32. The number of rotatable bonds is 7. The molecule has 1 heterocycles. The van der Waals surface area contributed by atoms with Crippen LogP contribution < -0.4 is 15.4 Å². The van der Waals surface area contributed by atoms with Crippen LogP contribution in [0.4, 0.5) is 16.2 Å². The molecule has 0 aromatic heterocycles. The first-order valence-electron chi connectivity index (χ1n) is 10.3. The number of hydrogen-bond acceptors (Lipinski definition) is 6. The number of nitrogens with one attached hydrogen (secondary N) is 2. The molecule has 4 rings (SSSR count). The second-order valence-electron chi connectivity index (χ2n) is 7.71. The van der Waals surface area contributed by atoms with Crippen LogP contribution in [0.5, 0.6) is 11.5 Å². The topological polar surface area (TPSA) is 131 Å². The number of imide groups is 1. The molecule has 3 aromatic rings. The van der Waals surface area contributed by atoms with E-state index in [9.17, 15) is 24.5 Å². The third-order valence-electron chi connectivity index (χ3n) is 5.34. The number of nitrogens with zero attached hydrogens (tertiary/aromatic N) is 2. The molecule has 1 saturated heterocycles. The zero-order chi connectivity index (χ0) is 24.3. The summed E-state index contributed by atoms with van der Waals surface area (Å²) in [5.41, 5.74) is -1.15. The van der Waals surface area contributed by atoms with E-state index in [0.717, 1.165) is 4.90 Å². The molecule has 2 N–H and O–H groups in total. The molecular formula is C24H20N4O6. The Hall–Kier alpha value is -4.73. The molecule has 1 aliphatic heterocycles. The molecule has 1 unspecified atom stereocenters. The molecule has 1 aliphatic rings. The Morgan fingerprint density at radius 3 is 2.50 bits per heavy atom. The van der Waals surface area contributed by atoms with Gasteiger partial charge in [0.15, 0.2) is 5.75 Å². The van der Waals surface area contributed by atoms with Crippen molar-refractivity contribution in [3.05, 3.63) is 94.5 Å². The van der Waals surface area contributed by atoms with Crippen LogP contribution in [0.3, 0.4) is 0 Å². The highest BCUT2D eigenvalue weighted by molar-refractivity contribution is 6.10. The third-order valence-corrected chi connectivity index (χ3v) is 5.34. The first-order chi connectivity index (χ1) is 16.3. The molecule has 10 heteroatoms. The van der Waals surface area contributed by atoms with E-state index in [-0.39, 0.29) is 11.3 Å². The fraction of sp³-hybridized carbons (Fsp3) is 0.125. The van der Waals surface area contributed by atoms with Crippen LogP contribution in [-0.2, 0) is 15.1 Å². The largest absolute Gasteiger partial charge is 0.455 e. The number of urea groups is 1. The van der Waals surface area contributed by atoms with Crippen LogP contribution in [0.1, 0.15) is 12.5 Å². The molecule has 10 nitrogen and oxygen atoms in total. The highest BCUT2D eigenvalue weighted by Gasteiger charge is 2.49. The average Bonchev–Trinajstić information content (AvgIpc) is 3.05. The predicted molar refractivity (Wildman–Crippen MR) is 122 cm³/mol. The summed E-state index contributed by atoms with van der Waals surface area (Å²) in [5, 5.41) is 16.3. The summed E-state index contributed by atoms with van der Waals surface area (Å²) in [4.78, 5) is 49.6. The monoisotopic (exact) mass is 460 g/mol. The van der Waals surface area contributed by atoms with Gasteiger partial charge < -0.3 is 15.4 Å². The lowest BCUT2D eigenvalue weighted by molar-refractivity contribution is -0.385. The van der Waals surface area contributed by atoms with E-state index >= 15 is 0 Å². The van der Waals surface area contributed by atoms with Gasteiger partial charge in [-0.25, -0.2) is 4.79 Å². The Kier molecular flexibility index (Phi) is 5.96. The first-order valence-corrected chi connectivity index (χ1v) is 10.3. The standard InChI is InChI=1S/C24H20N4O6/c1-24(16-8-7-9-17(14-16)28(32)33)22(30)27(23(31)26-24)15-21(29)25-19-12-5-6-13-20(19)34-18-10-3-2-4-11-18/h2-14H,15H2,1H3,(H,25,29)(H,26,31). The van der Waals surface area contributed by atoms with Crippen molar-refractivity contribution in [2.24, 2.45) is 0 Å². The minimum Gasteiger partial charge on any atom is -0.455 e. The quantitative estimate of drug-likeness (QED) is 0.313. The number of anilines is 1. The minimum absolute atomic E-state index is 0.216. The highest BCUT2D eigenvalue weighted by atomic mass is 16.6. The van der Waals surface area contributed by atoms with Gasteiger partial charge in [-0.3, -0.25) is 24.6 Å². The van der Waals surface area contributed by atoms with Gasteiger partial charge in [-0.1, -0.05) is 42.5 Å². The van der Waals surface area contributed by atoms with Crippen LogP contribution in [0, 0.1) is 10.1 Å². The van der Waals surface area contributed by atoms with Crippen LogP contribution >= 0.6 is 0 Å². The van der Waals surface area contributed by atoms with Crippen molar-refractivity contribution in [2.45, 2.75) is 12.5 Å². The summed E-state index contributed by atoms with van der Waals surface area (Å²) >= 11 is 0. The van der Waals surface area contributed by atoms with Crippen molar-refractivity contribution in [1.29, 1.82) is 0 Å². The molecule has 34 heavy (non-hydrogen) atoms. The van der Waals surface area contributed by atoms with Crippen LogP contribution in [0.2, 0.25) is 0 Å². The van der Waals surface area contributed by atoms with Gasteiger partial charge in [0.2, 0.25) is 5.91 Å². The Balaban J connectivity index is 1.49. The molecule has 0 saturated carbocycles. The first kappa shape index (κ1) is 22.5. The number of carbonyl (C=O) groups excluding carboxylic acids is 3. The molecule has 0 radical (unpaired) electrons. The lowest BCUT2D eigenvalue weighted by Gasteiger charge is -2.22. The second kappa shape index (κ2) is 9.02. The van der Waals surface area contributed by atoms with E-state index in [2.05, 4.69) is 10.6 Å². The Bertz CT molecular complexity index is 1280. The fourth-order valence-electron chi connectivity index (χ4n) is 3.57. The number of para-hydroxylation sites is 3. The van der Waals surface area contributed by atoms with E-state index < -0.39 is 34.9 Å². The normalized spacial score (nSPS) is 17.3. The summed E-state index contributed by atoms with van der Waals surface area (Å²) in [7, 11) is 0. The molecule has 1 fully saturated rings. The number of nitro groups is 1. The third kappa shape index (κ3) is 4.42. The van der Waals surface area contributed by atoms with E-state index in [1.807, 2.05) is 18.2 Å². The predicted octanol–water partition coefficient (Wildman–Crippen LogP) is 3.79. The summed E-state index contributed by atoms with van der Waals surface area (Å²) in [6.45, 7) is 0.891. The minimum atomic E-state index is -1.54. The summed E-state index contributed by atoms with van der Waals surface area (Å²) in [5.74, 6) is -0.343. The van der Waals surface area contributed by atoms with Gasteiger partial charge in [-0.2, -0.15) is 0 Å². The number of non-ortho nitro benzene ring substituents is 1. The molecule has 172 valence electrons. The average molecular weight is 460 g/mol. The SMILES string of the molecule is CC1(c2cccc([N+](=O)[O-])c2)NC(=O)N(CC(=O)Nc2ccccc2Oc2ccccc2)C1=O. The zero-order valence-corrected chi connectivity index (χ0v) is 18.1. The van der Waals surface area contributed by atoms with Gasteiger partial charge >= 0.3 is 6.03 Å². The lowest BCUT2D eigenvalue weighted by atomic mass is 9.91. The smallest absolute Gasteiger partial charge is 0.325 e. The van der Waals surface area contributed by atoms with Gasteiger partial charge in [-0.05, 0) is 36.8 Å². The van der Waals surface area contributed by atoms with Crippen LogP contribution in [-0.4, -0.2) is 34.2 Å². The van der Waals surface area contributed by atoms with E-state index in [1.54, 1.807) is 36.4 Å². The molecule has 0 spiro atoms. The molecule has 3 aromatic carbocycles. The van der Waals surface area contributed by atoms with Crippen molar-refractivity contribution in [2.75, 3.05) is 11.9 Å². The summed E-state index contributed by atoms with van der Waals surface area (Å²) in [6.07, 6.45) is 0. The summed E-state index contributed by atoms with van der Waals surface area (Å²) < 4.78 is 5.81. The van der Waals surface area contributed by atoms with Crippen molar-refractivity contribution in [3.63, 3.8) is 0 Å². The number of benzene rings is 3. The maximum absolute atomic E-state index is 13.1. The van der Waals surface area contributed by atoms with Gasteiger partial charge in [0, 0.05) is 12.1 Å². The molecular weight excluding hydrogens is 440 g/mol. The van der Waals surface area contributed by atoms with Crippen molar-refractivity contribution in [3.8, 4) is 11.5 Å². The zero-order valence-electron chi connectivity index (χ0n) is 18.1. The van der Waals surface area contributed by atoms with Gasteiger partial charge in [0.05, 0.1) is 10.6 Å². The van der Waals surface area contributed by atoms with Crippen LogP contribution in [0.25, 0.3) is 0 Å². The van der Waals surface area contributed by atoms with Gasteiger partial charge in [0.25, 0.3) is 11.6 Å². The molecule has 1 atom stereocenters. The van der Waals surface area contributed by atoms with E-state index in [0.29, 0.717) is 17.2 Å². The summed E-state index contributed by atoms with van der Waals surface area (Å²) in [6, 6.07) is 20.4. The van der Waals surface area contributed by atoms with Gasteiger partial charge in [-0.15, -0.1) is 0 Å². The number of ether oxygens (including phenoxy) is 1. The van der Waals surface area contributed by atoms with Crippen molar-refractivity contribution in [1.82, 2.24) is 10.2 Å². The molecule has 4 amide bonds. The maximum atomic E-state index is 13.1. The Morgan fingerprint density at radius 1 is 1.06 bits per heavy atom. The number of carbonyl (C=O) groups is 3. The van der Waals surface area contributed by atoms with Crippen molar-refractivity contribution >= 4 is 29.2 Å². The molecule has 0 bridgehead atoms. The molecule has 0 aliphatic carbocycles. The Morgan fingerprint density at radius 2 is 1.76 bits per heavy atom.